The molecule has 0 atom stereocenters. The topological polar surface area (TPSA) is 43.1 Å². The van der Waals surface area contributed by atoms with Gasteiger partial charge in [-0.1, -0.05) is 17.7 Å². The van der Waals surface area contributed by atoms with Crippen molar-refractivity contribution in [3.8, 4) is 0 Å². The summed E-state index contributed by atoms with van der Waals surface area (Å²) in [5.74, 6) is 0. The van der Waals surface area contributed by atoms with Gasteiger partial charge in [-0.05, 0) is 37.8 Å². The van der Waals surface area contributed by atoms with Crippen LogP contribution in [0.25, 0.3) is 6.08 Å². The van der Waals surface area contributed by atoms with Crippen LogP contribution in [0, 0.1) is 10.1 Å². The molecular weight excluding hydrogens is 190 g/mol. The number of para-hydroxylation sites is 1. The van der Waals surface area contributed by atoms with E-state index in [1.54, 1.807) is 12.1 Å². The van der Waals surface area contributed by atoms with E-state index >= 15 is 0 Å². The first kappa shape index (κ1) is 9.90. The van der Waals surface area contributed by atoms with Crippen LogP contribution in [-0.4, -0.2) is 4.92 Å². The molecule has 0 radical (unpaired) electrons. The van der Waals surface area contributed by atoms with Crippen molar-refractivity contribution < 1.29 is 4.92 Å². The Morgan fingerprint density at radius 1 is 1.20 bits per heavy atom. The maximum Gasteiger partial charge on any atom is 0.276 e. The minimum absolute atomic E-state index is 0.205. The highest BCUT2D eigenvalue weighted by atomic mass is 16.6. The van der Waals surface area contributed by atoms with Gasteiger partial charge in [0.25, 0.3) is 5.69 Å². The first-order valence-corrected chi connectivity index (χ1v) is 5.20. The zero-order valence-electron chi connectivity index (χ0n) is 8.48. The van der Waals surface area contributed by atoms with Gasteiger partial charge in [-0.2, -0.15) is 0 Å². The standard InChI is InChI=1S/C12H13NO2/c14-13(15)12-8-4-3-7-11(12)9-10-5-1-2-6-10/h3-4,7-9H,1-2,5-6H2. The molecule has 3 heteroatoms. The third-order valence-corrected chi connectivity index (χ3v) is 2.74. The van der Waals surface area contributed by atoms with Gasteiger partial charge in [0.1, 0.15) is 0 Å². The van der Waals surface area contributed by atoms with Crippen LogP contribution >= 0.6 is 0 Å². The summed E-state index contributed by atoms with van der Waals surface area (Å²) >= 11 is 0. The second kappa shape index (κ2) is 4.26. The summed E-state index contributed by atoms with van der Waals surface area (Å²) in [6, 6.07) is 6.91. The second-order valence-corrected chi connectivity index (χ2v) is 3.83. The van der Waals surface area contributed by atoms with Crippen LogP contribution in [0.5, 0.6) is 0 Å². The number of hydrogen-bond donors (Lipinski definition) is 0. The largest absolute Gasteiger partial charge is 0.276 e. The highest BCUT2D eigenvalue weighted by molar-refractivity contribution is 5.63. The first-order chi connectivity index (χ1) is 7.27. The molecule has 2 rings (SSSR count). The van der Waals surface area contributed by atoms with E-state index in [-0.39, 0.29) is 10.6 Å². The first-order valence-electron chi connectivity index (χ1n) is 5.20. The van der Waals surface area contributed by atoms with E-state index in [1.807, 2.05) is 18.2 Å². The number of allylic oxidation sites excluding steroid dienone is 1. The molecule has 0 heterocycles. The Morgan fingerprint density at radius 2 is 1.87 bits per heavy atom. The highest BCUT2D eigenvalue weighted by Gasteiger charge is 2.12. The average Bonchev–Trinajstić information content (AvgIpc) is 2.71. The minimum Gasteiger partial charge on any atom is -0.258 e. The van der Waals surface area contributed by atoms with Crippen molar-refractivity contribution in [1.29, 1.82) is 0 Å². The Bertz CT molecular complexity index is 402. The Hall–Kier alpha value is -1.64. The van der Waals surface area contributed by atoms with Crippen LogP contribution in [0.15, 0.2) is 29.8 Å². The Labute approximate surface area is 88.6 Å². The van der Waals surface area contributed by atoms with Crippen molar-refractivity contribution in [2.24, 2.45) is 0 Å². The van der Waals surface area contributed by atoms with Gasteiger partial charge in [0, 0.05) is 6.07 Å². The summed E-state index contributed by atoms with van der Waals surface area (Å²) in [6.07, 6.45) is 6.59. The molecule has 0 N–H and O–H groups in total. The van der Waals surface area contributed by atoms with Crippen molar-refractivity contribution in [2.45, 2.75) is 25.7 Å². The van der Waals surface area contributed by atoms with Crippen LogP contribution in [0.2, 0.25) is 0 Å². The minimum atomic E-state index is -0.318. The highest BCUT2D eigenvalue weighted by Crippen LogP contribution is 2.28. The maximum absolute atomic E-state index is 10.8. The molecule has 1 aliphatic rings. The Kier molecular flexibility index (Phi) is 2.81. The van der Waals surface area contributed by atoms with Gasteiger partial charge in [0.15, 0.2) is 0 Å². The molecule has 1 saturated carbocycles. The molecule has 1 aromatic rings. The van der Waals surface area contributed by atoms with Crippen molar-refractivity contribution >= 4 is 11.8 Å². The van der Waals surface area contributed by atoms with Gasteiger partial charge >= 0.3 is 0 Å². The zero-order chi connectivity index (χ0) is 10.7. The predicted octanol–water partition coefficient (Wildman–Crippen LogP) is 3.55. The summed E-state index contributed by atoms with van der Waals surface area (Å²) in [5.41, 5.74) is 2.28. The number of rotatable bonds is 2. The fourth-order valence-electron chi connectivity index (χ4n) is 1.97. The van der Waals surface area contributed by atoms with E-state index < -0.39 is 0 Å². The third-order valence-electron chi connectivity index (χ3n) is 2.74. The predicted molar refractivity (Wildman–Crippen MR) is 59.5 cm³/mol. The van der Waals surface area contributed by atoms with E-state index in [1.165, 1.54) is 18.4 Å². The monoisotopic (exact) mass is 203 g/mol. The van der Waals surface area contributed by atoms with Crippen LogP contribution in [0.3, 0.4) is 0 Å². The molecule has 0 aromatic heterocycles. The van der Waals surface area contributed by atoms with Gasteiger partial charge in [0.2, 0.25) is 0 Å². The molecule has 3 nitrogen and oxygen atoms in total. The van der Waals surface area contributed by atoms with E-state index in [0.29, 0.717) is 0 Å². The lowest BCUT2D eigenvalue weighted by Crippen LogP contribution is -1.91. The van der Waals surface area contributed by atoms with Gasteiger partial charge < -0.3 is 0 Å². The summed E-state index contributed by atoms with van der Waals surface area (Å²) in [4.78, 5) is 10.5. The van der Waals surface area contributed by atoms with Gasteiger partial charge in [-0.25, -0.2) is 0 Å². The van der Waals surface area contributed by atoms with E-state index in [9.17, 15) is 10.1 Å². The maximum atomic E-state index is 10.8. The van der Waals surface area contributed by atoms with Gasteiger partial charge in [0.05, 0.1) is 10.5 Å². The van der Waals surface area contributed by atoms with E-state index in [4.69, 9.17) is 0 Å². The van der Waals surface area contributed by atoms with E-state index in [2.05, 4.69) is 0 Å². The molecule has 1 aliphatic carbocycles. The third kappa shape index (κ3) is 2.24. The number of hydrogen-bond acceptors (Lipinski definition) is 2. The lowest BCUT2D eigenvalue weighted by atomic mass is 10.1. The fraction of sp³-hybridized carbons (Fsp3) is 0.333. The number of nitro groups is 1. The average molecular weight is 203 g/mol. The quantitative estimate of drug-likeness (QED) is 0.545. The Balaban J connectivity index is 2.34. The molecule has 1 aromatic carbocycles. The van der Waals surface area contributed by atoms with Crippen LogP contribution < -0.4 is 0 Å². The van der Waals surface area contributed by atoms with E-state index in [0.717, 1.165) is 18.4 Å². The molecule has 78 valence electrons. The number of benzene rings is 1. The lowest BCUT2D eigenvalue weighted by Gasteiger charge is -1.99. The van der Waals surface area contributed by atoms with Crippen molar-refractivity contribution in [2.75, 3.05) is 0 Å². The SMILES string of the molecule is O=[N+]([O-])c1ccccc1C=C1CCCC1. The van der Waals surface area contributed by atoms with Gasteiger partial charge in [-0.3, -0.25) is 10.1 Å². The summed E-state index contributed by atoms with van der Waals surface area (Å²) in [5, 5.41) is 10.8. The smallest absolute Gasteiger partial charge is 0.258 e. The molecule has 15 heavy (non-hydrogen) atoms. The second-order valence-electron chi connectivity index (χ2n) is 3.83. The van der Waals surface area contributed by atoms with Crippen LogP contribution in [0.1, 0.15) is 31.2 Å². The molecule has 0 spiro atoms. The van der Waals surface area contributed by atoms with Gasteiger partial charge in [-0.15, -0.1) is 0 Å². The number of nitrogens with zero attached hydrogens (tertiary/aromatic N) is 1. The van der Waals surface area contributed by atoms with Crippen molar-refractivity contribution in [1.82, 2.24) is 0 Å². The lowest BCUT2D eigenvalue weighted by molar-refractivity contribution is -0.385. The molecule has 0 unspecified atom stereocenters. The zero-order valence-corrected chi connectivity index (χ0v) is 8.48. The van der Waals surface area contributed by atoms with Crippen LogP contribution in [0.4, 0.5) is 5.69 Å². The van der Waals surface area contributed by atoms with Crippen LogP contribution in [-0.2, 0) is 0 Å². The molecule has 0 bridgehead atoms. The molecule has 0 saturated heterocycles. The summed E-state index contributed by atoms with van der Waals surface area (Å²) in [7, 11) is 0. The molecule has 0 aliphatic heterocycles. The van der Waals surface area contributed by atoms with Crippen molar-refractivity contribution in [3.05, 3.63) is 45.5 Å². The summed E-state index contributed by atoms with van der Waals surface area (Å²) < 4.78 is 0. The molecular formula is C12H13NO2. The Morgan fingerprint density at radius 3 is 2.53 bits per heavy atom. The normalized spacial score (nSPS) is 15.3. The fourth-order valence-corrected chi connectivity index (χ4v) is 1.97. The summed E-state index contributed by atoms with van der Waals surface area (Å²) in [6.45, 7) is 0. The number of nitro benzene ring substituents is 1. The van der Waals surface area contributed by atoms with Crippen molar-refractivity contribution in [3.63, 3.8) is 0 Å². The molecule has 0 amide bonds. The molecule has 1 fully saturated rings.